The maximum Gasteiger partial charge on any atom is 0.387 e. The number of ether oxygens (including phenoxy) is 2. The Kier molecular flexibility index (Phi) is 5.50. The minimum absolute atomic E-state index is 0.0355. The monoisotopic (exact) mass is 300 g/mol. The third-order valence-corrected chi connectivity index (χ3v) is 3.77. The summed E-state index contributed by atoms with van der Waals surface area (Å²) in [5.41, 5.74) is 6.60. The molecule has 1 aliphatic rings. The highest BCUT2D eigenvalue weighted by Gasteiger charge is 2.30. The van der Waals surface area contributed by atoms with Crippen LogP contribution in [0.4, 0.5) is 8.78 Å². The zero-order valence-corrected chi connectivity index (χ0v) is 12.1. The van der Waals surface area contributed by atoms with E-state index in [1.54, 1.807) is 12.1 Å². The van der Waals surface area contributed by atoms with Gasteiger partial charge in [-0.15, -0.1) is 0 Å². The third kappa shape index (κ3) is 4.62. The first kappa shape index (κ1) is 16.1. The first-order valence-electron chi connectivity index (χ1n) is 7.14. The Morgan fingerprint density at radius 2 is 2.10 bits per heavy atom. The van der Waals surface area contributed by atoms with Crippen LogP contribution in [0.5, 0.6) is 5.75 Å². The molecular formula is C15H22F2N2O2. The minimum Gasteiger partial charge on any atom is -0.435 e. The number of benzene rings is 1. The van der Waals surface area contributed by atoms with Crippen LogP contribution in [0.3, 0.4) is 0 Å². The second-order valence-corrected chi connectivity index (χ2v) is 5.52. The van der Waals surface area contributed by atoms with Gasteiger partial charge in [0.25, 0.3) is 0 Å². The molecular weight excluding hydrogens is 278 g/mol. The van der Waals surface area contributed by atoms with Crippen LogP contribution in [-0.2, 0) is 4.74 Å². The predicted octanol–water partition coefficient (Wildman–Crippen LogP) is 2.45. The lowest BCUT2D eigenvalue weighted by Gasteiger charge is -2.27. The summed E-state index contributed by atoms with van der Waals surface area (Å²) < 4.78 is 34.3. The summed E-state index contributed by atoms with van der Waals surface area (Å²) in [5.74, 6) is 0.149. The van der Waals surface area contributed by atoms with Crippen molar-refractivity contribution < 1.29 is 18.3 Å². The molecule has 2 unspecified atom stereocenters. The first-order chi connectivity index (χ1) is 10.0. The maximum atomic E-state index is 12.1. The van der Waals surface area contributed by atoms with Crippen LogP contribution in [0.1, 0.15) is 31.4 Å². The van der Waals surface area contributed by atoms with Crippen molar-refractivity contribution in [3.63, 3.8) is 0 Å². The van der Waals surface area contributed by atoms with Crippen LogP contribution in [0.25, 0.3) is 0 Å². The number of nitrogens with one attached hydrogen (secondary N) is 1. The number of halogens is 2. The van der Waals surface area contributed by atoms with E-state index in [0.29, 0.717) is 13.1 Å². The van der Waals surface area contributed by atoms with Gasteiger partial charge >= 0.3 is 6.61 Å². The summed E-state index contributed by atoms with van der Waals surface area (Å²) in [7, 11) is 0. The van der Waals surface area contributed by atoms with Gasteiger partial charge in [0.15, 0.2) is 0 Å². The highest BCUT2D eigenvalue weighted by molar-refractivity contribution is 5.29. The third-order valence-electron chi connectivity index (χ3n) is 3.77. The molecule has 0 saturated carbocycles. The fraction of sp³-hybridized carbons (Fsp3) is 0.600. The largest absolute Gasteiger partial charge is 0.435 e. The lowest BCUT2D eigenvalue weighted by molar-refractivity contribution is -0.0498. The lowest BCUT2D eigenvalue weighted by atomic mass is 10.0. The van der Waals surface area contributed by atoms with E-state index in [1.165, 1.54) is 12.1 Å². The first-order valence-corrected chi connectivity index (χ1v) is 7.14. The Bertz CT molecular complexity index is 434. The predicted molar refractivity (Wildman–Crippen MR) is 76.5 cm³/mol. The van der Waals surface area contributed by atoms with E-state index < -0.39 is 6.61 Å². The number of nitrogens with two attached hydrogens (primary N) is 1. The Labute approximate surface area is 123 Å². The second kappa shape index (κ2) is 7.15. The molecule has 3 N–H and O–H groups in total. The Balaban J connectivity index is 1.93. The fourth-order valence-electron chi connectivity index (χ4n) is 2.53. The topological polar surface area (TPSA) is 56.5 Å². The van der Waals surface area contributed by atoms with Crippen LogP contribution in [0.2, 0.25) is 0 Å². The van der Waals surface area contributed by atoms with Crippen LogP contribution < -0.4 is 15.8 Å². The van der Waals surface area contributed by atoms with Crippen LogP contribution >= 0.6 is 0 Å². The van der Waals surface area contributed by atoms with E-state index in [0.717, 1.165) is 25.0 Å². The Morgan fingerprint density at radius 1 is 1.38 bits per heavy atom. The van der Waals surface area contributed by atoms with Gasteiger partial charge in [0.2, 0.25) is 0 Å². The summed E-state index contributed by atoms with van der Waals surface area (Å²) in [4.78, 5) is 0. The van der Waals surface area contributed by atoms with Gasteiger partial charge in [-0.05, 0) is 37.5 Å². The molecule has 1 aromatic carbocycles. The zero-order valence-electron chi connectivity index (χ0n) is 12.1. The van der Waals surface area contributed by atoms with E-state index in [1.807, 2.05) is 0 Å². The average Bonchev–Trinajstić information content (AvgIpc) is 2.88. The summed E-state index contributed by atoms with van der Waals surface area (Å²) >= 11 is 0. The van der Waals surface area contributed by atoms with Gasteiger partial charge in [-0.3, -0.25) is 0 Å². The molecule has 0 radical (unpaired) electrons. The van der Waals surface area contributed by atoms with Gasteiger partial charge in [0, 0.05) is 25.7 Å². The molecule has 2 rings (SSSR count). The molecule has 0 bridgehead atoms. The van der Waals surface area contributed by atoms with Gasteiger partial charge in [-0.2, -0.15) is 8.78 Å². The molecule has 1 aromatic rings. The maximum absolute atomic E-state index is 12.1. The standard InChI is InChI=1S/C15H22F2N2O2/c1-15(7-2-8-20-15)10-19-13(9-18)11-3-5-12(6-4-11)21-14(16)17/h3-6,13-14,19H,2,7-10,18H2,1H3. The van der Waals surface area contributed by atoms with E-state index in [2.05, 4.69) is 17.0 Å². The van der Waals surface area contributed by atoms with Gasteiger partial charge < -0.3 is 20.5 Å². The van der Waals surface area contributed by atoms with Crippen molar-refractivity contribution in [1.29, 1.82) is 0 Å². The second-order valence-electron chi connectivity index (χ2n) is 5.52. The Morgan fingerprint density at radius 3 is 2.62 bits per heavy atom. The highest BCUT2D eigenvalue weighted by Crippen LogP contribution is 2.25. The molecule has 0 aliphatic carbocycles. The molecule has 2 atom stereocenters. The van der Waals surface area contributed by atoms with Crippen molar-refractivity contribution in [3.8, 4) is 5.75 Å². The lowest BCUT2D eigenvalue weighted by Crippen LogP contribution is -2.40. The van der Waals surface area contributed by atoms with Gasteiger partial charge in [0.05, 0.1) is 5.60 Å². The number of hydrogen-bond donors (Lipinski definition) is 2. The summed E-state index contributed by atoms with van der Waals surface area (Å²) in [5, 5.41) is 3.39. The van der Waals surface area contributed by atoms with Crippen molar-refractivity contribution >= 4 is 0 Å². The molecule has 21 heavy (non-hydrogen) atoms. The van der Waals surface area contributed by atoms with Crippen molar-refractivity contribution in [2.24, 2.45) is 5.73 Å². The average molecular weight is 300 g/mol. The molecule has 1 aliphatic heterocycles. The normalized spacial score (nSPS) is 23.5. The molecule has 6 heteroatoms. The molecule has 0 amide bonds. The molecule has 1 heterocycles. The van der Waals surface area contributed by atoms with E-state index in [-0.39, 0.29) is 17.4 Å². The quantitative estimate of drug-likeness (QED) is 0.812. The van der Waals surface area contributed by atoms with Crippen molar-refractivity contribution in [2.45, 2.75) is 38.0 Å². The highest BCUT2D eigenvalue weighted by atomic mass is 19.3. The summed E-state index contributed by atoms with van der Waals surface area (Å²) in [6.45, 7) is 1.21. The molecule has 1 saturated heterocycles. The van der Waals surface area contributed by atoms with Crippen molar-refractivity contribution in [1.82, 2.24) is 5.32 Å². The van der Waals surface area contributed by atoms with Gasteiger partial charge in [0.1, 0.15) is 5.75 Å². The number of rotatable bonds is 7. The van der Waals surface area contributed by atoms with Crippen molar-refractivity contribution in [3.05, 3.63) is 29.8 Å². The van der Waals surface area contributed by atoms with Crippen LogP contribution in [0.15, 0.2) is 24.3 Å². The van der Waals surface area contributed by atoms with Gasteiger partial charge in [-0.1, -0.05) is 12.1 Å². The fourth-order valence-corrected chi connectivity index (χ4v) is 2.53. The summed E-state index contributed by atoms with van der Waals surface area (Å²) in [6.07, 6.45) is 2.10. The van der Waals surface area contributed by atoms with E-state index in [4.69, 9.17) is 10.5 Å². The van der Waals surface area contributed by atoms with E-state index >= 15 is 0 Å². The summed E-state index contributed by atoms with van der Waals surface area (Å²) in [6, 6.07) is 6.52. The zero-order chi connectivity index (χ0) is 15.3. The van der Waals surface area contributed by atoms with Crippen molar-refractivity contribution in [2.75, 3.05) is 19.7 Å². The number of alkyl halides is 2. The number of hydrogen-bond acceptors (Lipinski definition) is 4. The van der Waals surface area contributed by atoms with Crippen LogP contribution in [-0.4, -0.2) is 31.9 Å². The molecule has 0 aromatic heterocycles. The smallest absolute Gasteiger partial charge is 0.387 e. The molecule has 1 fully saturated rings. The van der Waals surface area contributed by atoms with E-state index in [9.17, 15) is 8.78 Å². The van der Waals surface area contributed by atoms with Crippen LogP contribution in [0, 0.1) is 0 Å². The molecule has 118 valence electrons. The minimum atomic E-state index is -2.81. The SMILES string of the molecule is CC1(CNC(CN)c2ccc(OC(F)F)cc2)CCCO1. The molecule has 4 nitrogen and oxygen atoms in total. The molecule has 0 spiro atoms. The Hall–Kier alpha value is -1.24. The van der Waals surface area contributed by atoms with Gasteiger partial charge in [-0.25, -0.2) is 0 Å².